The number of benzene rings is 1. The summed E-state index contributed by atoms with van der Waals surface area (Å²) in [6.45, 7) is 2.48. The Morgan fingerprint density at radius 3 is 2.50 bits per heavy atom. The maximum Gasteiger partial charge on any atom is 0.446 e. The number of imidazole rings is 1. The van der Waals surface area contributed by atoms with Crippen LogP contribution in [0.1, 0.15) is 23.0 Å². The zero-order valence-corrected chi connectivity index (χ0v) is 11.3. The van der Waals surface area contributed by atoms with E-state index in [1.807, 2.05) is 6.92 Å². The highest BCUT2D eigenvalue weighted by molar-refractivity contribution is 8.00. The Kier molecular flexibility index (Phi) is 4.17. The van der Waals surface area contributed by atoms with Gasteiger partial charge in [-0.1, -0.05) is 0 Å². The van der Waals surface area contributed by atoms with Crippen molar-refractivity contribution in [2.24, 2.45) is 0 Å². The number of carbonyl (C=O) groups is 1. The molecule has 20 heavy (non-hydrogen) atoms. The molecule has 0 saturated heterocycles. The fourth-order valence-electron chi connectivity index (χ4n) is 1.72. The lowest BCUT2D eigenvalue weighted by Crippen LogP contribution is -2.08. The maximum absolute atomic E-state index is 12.2. The molecule has 0 radical (unpaired) electrons. The van der Waals surface area contributed by atoms with Crippen LogP contribution in [0.4, 0.5) is 13.2 Å². The van der Waals surface area contributed by atoms with Crippen LogP contribution in [0.5, 0.6) is 0 Å². The Morgan fingerprint density at radius 2 is 1.95 bits per heavy atom. The number of ketones is 1. The Morgan fingerprint density at radius 1 is 1.30 bits per heavy atom. The van der Waals surface area contributed by atoms with Gasteiger partial charge in [-0.3, -0.25) is 4.79 Å². The molecule has 0 atom stereocenters. The zero-order chi connectivity index (χ0) is 14.8. The van der Waals surface area contributed by atoms with Gasteiger partial charge in [0.2, 0.25) is 5.78 Å². The molecule has 0 aliphatic heterocycles. The molecule has 0 aliphatic carbocycles. The Labute approximate surface area is 117 Å². The van der Waals surface area contributed by atoms with Gasteiger partial charge in [0, 0.05) is 17.0 Å². The van der Waals surface area contributed by atoms with E-state index in [4.69, 9.17) is 0 Å². The standard InChI is InChI=1S/C13H11F3N2OS/c1-2-18-8-17-7-11(18)12(19)9-3-5-10(6-4-9)20-13(14,15)16/h3-8H,2H2,1H3. The largest absolute Gasteiger partial charge is 0.446 e. The van der Waals surface area contributed by atoms with Gasteiger partial charge in [-0.05, 0) is 43.0 Å². The summed E-state index contributed by atoms with van der Waals surface area (Å²) in [4.78, 5) is 16.1. The third-order valence-electron chi connectivity index (χ3n) is 2.64. The number of aryl methyl sites for hydroxylation is 1. The van der Waals surface area contributed by atoms with Crippen molar-refractivity contribution in [1.82, 2.24) is 9.55 Å². The molecule has 0 unspecified atom stereocenters. The van der Waals surface area contributed by atoms with Gasteiger partial charge < -0.3 is 4.57 Å². The second-order valence-corrected chi connectivity index (χ2v) is 5.10. The number of hydrogen-bond donors (Lipinski definition) is 0. The Bertz CT molecular complexity index is 605. The number of rotatable bonds is 4. The SMILES string of the molecule is CCn1cncc1C(=O)c1ccc(SC(F)(F)F)cc1. The zero-order valence-electron chi connectivity index (χ0n) is 10.5. The molecule has 1 heterocycles. The summed E-state index contributed by atoms with van der Waals surface area (Å²) >= 11 is -0.203. The third kappa shape index (κ3) is 3.41. The number of thioether (sulfide) groups is 1. The van der Waals surface area contributed by atoms with E-state index >= 15 is 0 Å². The van der Waals surface area contributed by atoms with Gasteiger partial charge in [-0.15, -0.1) is 0 Å². The molecule has 106 valence electrons. The van der Waals surface area contributed by atoms with Crippen LogP contribution in [-0.2, 0) is 6.54 Å². The van der Waals surface area contributed by atoms with E-state index in [0.29, 0.717) is 17.8 Å². The van der Waals surface area contributed by atoms with E-state index in [0.717, 1.165) is 0 Å². The minimum atomic E-state index is -4.33. The van der Waals surface area contributed by atoms with Crippen LogP contribution in [0.2, 0.25) is 0 Å². The maximum atomic E-state index is 12.2. The van der Waals surface area contributed by atoms with Crippen molar-refractivity contribution in [3.05, 3.63) is 48.0 Å². The van der Waals surface area contributed by atoms with Crippen molar-refractivity contribution in [2.75, 3.05) is 0 Å². The van der Waals surface area contributed by atoms with E-state index in [1.165, 1.54) is 30.5 Å². The second-order valence-electron chi connectivity index (χ2n) is 3.97. The van der Waals surface area contributed by atoms with Crippen molar-refractivity contribution in [3.63, 3.8) is 0 Å². The number of carbonyl (C=O) groups excluding carboxylic acids is 1. The number of hydrogen-bond acceptors (Lipinski definition) is 3. The van der Waals surface area contributed by atoms with Crippen LogP contribution >= 0.6 is 11.8 Å². The first kappa shape index (κ1) is 14.6. The van der Waals surface area contributed by atoms with Crippen molar-refractivity contribution in [1.29, 1.82) is 0 Å². The summed E-state index contributed by atoms with van der Waals surface area (Å²) in [5.74, 6) is -0.257. The summed E-state index contributed by atoms with van der Waals surface area (Å²) in [6.07, 6.45) is 2.99. The Hall–Kier alpha value is -1.76. The monoisotopic (exact) mass is 300 g/mol. The van der Waals surface area contributed by atoms with Crippen molar-refractivity contribution in [3.8, 4) is 0 Å². The van der Waals surface area contributed by atoms with E-state index in [9.17, 15) is 18.0 Å². The summed E-state index contributed by atoms with van der Waals surface area (Å²) in [7, 11) is 0. The first-order chi connectivity index (χ1) is 9.40. The fraction of sp³-hybridized carbons (Fsp3) is 0.231. The smallest absolute Gasteiger partial charge is 0.328 e. The molecule has 0 bridgehead atoms. The number of nitrogens with zero attached hydrogens (tertiary/aromatic N) is 2. The summed E-state index contributed by atoms with van der Waals surface area (Å²) < 4.78 is 38.3. The van der Waals surface area contributed by atoms with Crippen molar-refractivity contribution < 1.29 is 18.0 Å². The molecule has 2 aromatic rings. The predicted molar refractivity (Wildman–Crippen MR) is 69.7 cm³/mol. The summed E-state index contributed by atoms with van der Waals surface area (Å²) in [5, 5.41) is 0. The molecule has 0 saturated carbocycles. The normalized spacial score (nSPS) is 11.6. The highest BCUT2D eigenvalue weighted by atomic mass is 32.2. The molecule has 0 spiro atoms. The molecule has 0 amide bonds. The van der Waals surface area contributed by atoms with E-state index in [-0.39, 0.29) is 22.4 Å². The number of alkyl halides is 3. The van der Waals surface area contributed by atoms with Crippen LogP contribution in [0.15, 0.2) is 41.7 Å². The van der Waals surface area contributed by atoms with Crippen LogP contribution in [-0.4, -0.2) is 20.8 Å². The summed E-state index contributed by atoms with van der Waals surface area (Å²) in [6, 6.07) is 5.36. The lowest BCUT2D eigenvalue weighted by molar-refractivity contribution is -0.0328. The average molecular weight is 300 g/mol. The van der Waals surface area contributed by atoms with E-state index in [2.05, 4.69) is 4.98 Å². The molecule has 0 aliphatic rings. The summed E-state index contributed by atoms with van der Waals surface area (Å²) in [5.41, 5.74) is -3.57. The van der Waals surface area contributed by atoms with E-state index in [1.54, 1.807) is 10.9 Å². The predicted octanol–water partition coefficient (Wildman–Crippen LogP) is 3.75. The van der Waals surface area contributed by atoms with Gasteiger partial charge in [0.05, 0.1) is 12.5 Å². The van der Waals surface area contributed by atoms with Gasteiger partial charge in [0.1, 0.15) is 5.69 Å². The minimum Gasteiger partial charge on any atom is -0.328 e. The first-order valence-corrected chi connectivity index (χ1v) is 6.63. The first-order valence-electron chi connectivity index (χ1n) is 5.81. The lowest BCUT2D eigenvalue weighted by atomic mass is 10.1. The van der Waals surface area contributed by atoms with Crippen molar-refractivity contribution in [2.45, 2.75) is 23.9 Å². The minimum absolute atomic E-state index is 0.0537. The highest BCUT2D eigenvalue weighted by Gasteiger charge is 2.29. The Balaban J connectivity index is 2.20. The molecule has 1 aromatic carbocycles. The van der Waals surface area contributed by atoms with Gasteiger partial charge in [-0.2, -0.15) is 13.2 Å². The lowest BCUT2D eigenvalue weighted by Gasteiger charge is -2.07. The van der Waals surface area contributed by atoms with Gasteiger partial charge in [0.25, 0.3) is 0 Å². The van der Waals surface area contributed by atoms with Crippen LogP contribution in [0.3, 0.4) is 0 Å². The molecular formula is C13H11F3N2OS. The van der Waals surface area contributed by atoms with Crippen molar-refractivity contribution >= 4 is 17.5 Å². The van der Waals surface area contributed by atoms with Crippen LogP contribution < -0.4 is 0 Å². The molecule has 2 rings (SSSR count). The van der Waals surface area contributed by atoms with Gasteiger partial charge in [-0.25, -0.2) is 4.98 Å². The molecular weight excluding hydrogens is 289 g/mol. The quantitative estimate of drug-likeness (QED) is 0.637. The topological polar surface area (TPSA) is 34.9 Å². The molecule has 0 fully saturated rings. The average Bonchev–Trinajstić information content (AvgIpc) is 2.85. The fourth-order valence-corrected chi connectivity index (χ4v) is 2.26. The second kappa shape index (κ2) is 5.70. The third-order valence-corrected chi connectivity index (χ3v) is 3.38. The number of aromatic nitrogens is 2. The molecule has 3 nitrogen and oxygen atoms in total. The van der Waals surface area contributed by atoms with Gasteiger partial charge >= 0.3 is 5.51 Å². The molecule has 7 heteroatoms. The molecule has 1 aromatic heterocycles. The van der Waals surface area contributed by atoms with Crippen LogP contribution in [0, 0.1) is 0 Å². The molecule has 0 N–H and O–H groups in total. The number of halogens is 3. The van der Waals surface area contributed by atoms with Crippen LogP contribution in [0.25, 0.3) is 0 Å². The van der Waals surface area contributed by atoms with E-state index < -0.39 is 5.51 Å². The highest BCUT2D eigenvalue weighted by Crippen LogP contribution is 2.36. The van der Waals surface area contributed by atoms with Gasteiger partial charge in [0.15, 0.2) is 0 Å².